The molecular weight excluding hydrogens is 334 g/mol. The second-order valence-corrected chi connectivity index (χ2v) is 9.03. The summed E-state index contributed by atoms with van der Waals surface area (Å²) in [5.41, 5.74) is 11.0. The van der Waals surface area contributed by atoms with Crippen molar-refractivity contribution in [3.8, 4) is 5.75 Å². The lowest BCUT2D eigenvalue weighted by atomic mass is 9.78. The molecule has 3 N–H and O–H groups in total. The van der Waals surface area contributed by atoms with E-state index in [4.69, 9.17) is 11.6 Å². The zero-order chi connectivity index (χ0) is 18.6. The molecule has 0 unspecified atom stereocenters. The van der Waals surface area contributed by atoms with E-state index in [2.05, 4.69) is 52.5 Å². The number of phenols is 1. The normalized spacial score (nSPS) is 14.4. The van der Waals surface area contributed by atoms with E-state index in [0.717, 1.165) is 28.2 Å². The Bertz CT molecular complexity index is 819. The van der Waals surface area contributed by atoms with Crippen molar-refractivity contribution in [2.45, 2.75) is 52.4 Å². The van der Waals surface area contributed by atoms with Gasteiger partial charge in [-0.15, -0.1) is 5.53 Å². The van der Waals surface area contributed by atoms with Crippen LogP contribution >= 0.6 is 11.6 Å². The summed E-state index contributed by atoms with van der Waals surface area (Å²) < 4.78 is 0. The highest BCUT2D eigenvalue weighted by atomic mass is 35.5. The maximum Gasteiger partial charge on any atom is 0.121 e. The predicted molar refractivity (Wildman–Crippen MR) is 106 cm³/mol. The van der Waals surface area contributed by atoms with Crippen LogP contribution in [-0.2, 0) is 10.8 Å². The third-order valence-electron chi connectivity index (χ3n) is 4.44. The van der Waals surface area contributed by atoms with Crippen LogP contribution in [0.1, 0.15) is 52.7 Å². The first-order chi connectivity index (χ1) is 11.5. The molecule has 0 saturated heterocycles. The summed E-state index contributed by atoms with van der Waals surface area (Å²) in [6.45, 7) is 12.9. The van der Waals surface area contributed by atoms with Gasteiger partial charge in [-0.05, 0) is 40.7 Å². The van der Waals surface area contributed by atoms with Crippen molar-refractivity contribution in [2.75, 3.05) is 10.4 Å². The van der Waals surface area contributed by atoms with Gasteiger partial charge < -0.3 is 10.5 Å². The maximum atomic E-state index is 10.7. The number of hydrogen-bond acceptors (Lipinski definition) is 4. The van der Waals surface area contributed by atoms with Crippen LogP contribution in [0.15, 0.2) is 30.3 Å². The van der Waals surface area contributed by atoms with E-state index < -0.39 is 0 Å². The molecule has 1 aliphatic heterocycles. The summed E-state index contributed by atoms with van der Waals surface area (Å²) in [6, 6.07) is 9.55. The minimum atomic E-state index is -0.225. The van der Waals surface area contributed by atoms with Gasteiger partial charge in [-0.1, -0.05) is 59.2 Å². The van der Waals surface area contributed by atoms with Crippen molar-refractivity contribution in [2.24, 2.45) is 0 Å². The minimum Gasteiger partial charge on any atom is -0.508 e. The summed E-state index contributed by atoms with van der Waals surface area (Å²) >= 11 is 6.12. The molecule has 134 valence electrons. The molecule has 1 heterocycles. The van der Waals surface area contributed by atoms with Crippen molar-refractivity contribution in [3.05, 3.63) is 46.5 Å². The first kappa shape index (κ1) is 17.9. The molecule has 0 spiro atoms. The highest BCUT2D eigenvalue weighted by Gasteiger charge is 2.34. The number of fused-ring (bicyclic) bond motifs is 1. The number of anilines is 3. The Labute approximate surface area is 154 Å². The van der Waals surface area contributed by atoms with Crippen LogP contribution in [0, 0.1) is 0 Å². The Morgan fingerprint density at radius 3 is 2.24 bits per heavy atom. The molecule has 0 atom stereocenters. The highest BCUT2D eigenvalue weighted by Crippen LogP contribution is 2.48. The van der Waals surface area contributed by atoms with Crippen molar-refractivity contribution in [1.29, 1.82) is 0 Å². The van der Waals surface area contributed by atoms with E-state index in [9.17, 15) is 5.11 Å². The quantitative estimate of drug-likeness (QED) is 0.618. The standard InChI is InChI=1S/C20H26ClN3O/c1-19(2,3)13-8-10-16(25)17(20(4,5)6)18(13)24-15-9-7-12(21)11-14(15)22-23-24/h7-11,22-23,25H,1-6H3. The Balaban J connectivity index is 2.31. The number of hydrogen-bond donors (Lipinski definition) is 3. The number of benzene rings is 2. The van der Waals surface area contributed by atoms with E-state index in [0.29, 0.717) is 10.8 Å². The Hall–Kier alpha value is -1.91. The van der Waals surface area contributed by atoms with Gasteiger partial charge in [0.2, 0.25) is 0 Å². The molecule has 25 heavy (non-hydrogen) atoms. The van der Waals surface area contributed by atoms with Gasteiger partial charge in [0.15, 0.2) is 0 Å². The smallest absolute Gasteiger partial charge is 0.121 e. The van der Waals surface area contributed by atoms with Crippen LogP contribution in [0.4, 0.5) is 17.1 Å². The van der Waals surface area contributed by atoms with Gasteiger partial charge in [0.05, 0.1) is 17.1 Å². The van der Waals surface area contributed by atoms with Crippen LogP contribution in [0.5, 0.6) is 5.75 Å². The van der Waals surface area contributed by atoms with Crippen molar-refractivity contribution < 1.29 is 5.11 Å². The molecule has 0 saturated carbocycles. The van der Waals surface area contributed by atoms with E-state index in [1.165, 1.54) is 0 Å². The summed E-state index contributed by atoms with van der Waals surface area (Å²) in [7, 11) is 0. The highest BCUT2D eigenvalue weighted by molar-refractivity contribution is 6.31. The number of rotatable bonds is 1. The number of nitrogens with one attached hydrogen (secondary N) is 2. The molecule has 0 aromatic heterocycles. The van der Waals surface area contributed by atoms with Crippen LogP contribution in [0.2, 0.25) is 5.02 Å². The number of phenolic OH excluding ortho intramolecular Hbond substituents is 1. The lowest BCUT2D eigenvalue weighted by Gasteiger charge is -2.34. The second-order valence-electron chi connectivity index (χ2n) is 8.59. The Morgan fingerprint density at radius 2 is 1.64 bits per heavy atom. The van der Waals surface area contributed by atoms with Gasteiger partial charge in [0, 0.05) is 10.6 Å². The van der Waals surface area contributed by atoms with Gasteiger partial charge in [-0.25, -0.2) is 0 Å². The van der Waals surface area contributed by atoms with Gasteiger partial charge in [0.1, 0.15) is 5.75 Å². The summed E-state index contributed by atoms with van der Waals surface area (Å²) in [5.74, 6) is 0.305. The fourth-order valence-corrected chi connectivity index (χ4v) is 3.49. The number of aromatic hydroxyl groups is 1. The topological polar surface area (TPSA) is 47.5 Å². The number of hydrazine groups is 2. The SMILES string of the molecule is CC(C)(C)c1ccc(O)c(C(C)(C)C)c1N1NNc2cc(Cl)ccc21. The molecule has 1 aliphatic rings. The van der Waals surface area contributed by atoms with Crippen molar-refractivity contribution in [3.63, 3.8) is 0 Å². The van der Waals surface area contributed by atoms with Gasteiger partial charge in [-0.3, -0.25) is 5.01 Å². The number of halogens is 1. The molecule has 3 rings (SSSR count). The van der Waals surface area contributed by atoms with Crippen LogP contribution < -0.4 is 16.0 Å². The zero-order valence-corrected chi connectivity index (χ0v) is 16.4. The molecule has 0 bridgehead atoms. The Kier molecular flexibility index (Phi) is 4.17. The van der Waals surface area contributed by atoms with Crippen molar-refractivity contribution >= 4 is 28.7 Å². The third kappa shape index (κ3) is 3.16. The molecule has 2 aromatic rings. The average Bonchev–Trinajstić information content (AvgIpc) is 2.86. The van der Waals surface area contributed by atoms with Crippen molar-refractivity contribution in [1.82, 2.24) is 5.53 Å². The van der Waals surface area contributed by atoms with Crippen LogP contribution in [0.25, 0.3) is 0 Å². The average molecular weight is 360 g/mol. The fraction of sp³-hybridized carbons (Fsp3) is 0.400. The zero-order valence-electron chi connectivity index (χ0n) is 15.7. The summed E-state index contributed by atoms with van der Waals surface area (Å²) in [5, 5.41) is 13.4. The molecule has 0 aliphatic carbocycles. The largest absolute Gasteiger partial charge is 0.508 e. The van der Waals surface area contributed by atoms with E-state index in [1.54, 1.807) is 6.07 Å². The first-order valence-corrected chi connectivity index (χ1v) is 8.86. The predicted octanol–water partition coefficient (Wildman–Crippen LogP) is 5.62. The Morgan fingerprint density at radius 1 is 0.960 bits per heavy atom. The number of nitrogens with zero attached hydrogens (tertiary/aromatic N) is 1. The molecule has 0 radical (unpaired) electrons. The van der Waals surface area contributed by atoms with Gasteiger partial charge >= 0.3 is 0 Å². The molecule has 4 nitrogen and oxygen atoms in total. The molecule has 0 amide bonds. The first-order valence-electron chi connectivity index (χ1n) is 8.48. The van der Waals surface area contributed by atoms with E-state index in [-0.39, 0.29) is 10.8 Å². The summed E-state index contributed by atoms with van der Waals surface area (Å²) in [6.07, 6.45) is 0. The minimum absolute atomic E-state index is 0.0834. The lowest BCUT2D eigenvalue weighted by molar-refractivity contribution is 0.444. The third-order valence-corrected chi connectivity index (χ3v) is 4.67. The van der Waals surface area contributed by atoms with Crippen LogP contribution in [0.3, 0.4) is 0 Å². The fourth-order valence-electron chi connectivity index (χ4n) is 3.31. The van der Waals surface area contributed by atoms with Gasteiger partial charge in [0.25, 0.3) is 0 Å². The van der Waals surface area contributed by atoms with E-state index in [1.807, 2.05) is 29.3 Å². The molecule has 0 fully saturated rings. The second kappa shape index (κ2) is 5.82. The van der Waals surface area contributed by atoms with Gasteiger partial charge in [-0.2, -0.15) is 0 Å². The summed E-state index contributed by atoms with van der Waals surface area (Å²) in [4.78, 5) is 0. The molecule has 5 heteroatoms. The van der Waals surface area contributed by atoms with Crippen LogP contribution in [-0.4, -0.2) is 5.11 Å². The lowest BCUT2D eigenvalue weighted by Crippen LogP contribution is -2.35. The van der Waals surface area contributed by atoms with E-state index >= 15 is 0 Å². The molecule has 2 aromatic carbocycles. The maximum absolute atomic E-state index is 10.7. The molecular formula is C20H26ClN3O. The monoisotopic (exact) mass is 359 g/mol.